The molecule has 24 heteroatoms. The quantitative estimate of drug-likeness (QED) is 0.0552. The first kappa shape index (κ1) is 101. The van der Waals surface area contributed by atoms with Gasteiger partial charge in [0.1, 0.15) is 90.6 Å². The van der Waals surface area contributed by atoms with Gasteiger partial charge in [-0.2, -0.15) is 16.6 Å². The minimum atomic E-state index is -0.323. The van der Waals surface area contributed by atoms with Gasteiger partial charge in [0.05, 0.1) is 128 Å². The summed E-state index contributed by atoms with van der Waals surface area (Å²) in [6.45, 7) is 35.2. The molecule has 6 fully saturated rings. The van der Waals surface area contributed by atoms with Crippen molar-refractivity contribution in [3.8, 4) is 11.8 Å². The highest BCUT2D eigenvalue weighted by Crippen LogP contribution is 2.53. The lowest BCUT2D eigenvalue weighted by atomic mass is 9.82. The first-order valence-corrected chi connectivity index (χ1v) is 51.8. The number of ether oxygens (including phenoxy) is 13. The monoisotopic (exact) mass is 1970 g/mol. The van der Waals surface area contributed by atoms with Gasteiger partial charge in [-0.25, -0.2) is 8.78 Å². The second-order valence-electron chi connectivity index (χ2n) is 41.5. The predicted octanol–water partition coefficient (Wildman–Crippen LogP) is 25.6. The summed E-state index contributed by atoms with van der Waals surface area (Å²) in [6.07, 6.45) is -0.386. The fourth-order valence-electron chi connectivity index (χ4n) is 21.7. The van der Waals surface area contributed by atoms with Crippen LogP contribution in [-0.4, -0.2) is 122 Å². The molecule has 0 radical (unpaired) electrons. The SMILES string of the molecule is CC(=O)Oc1ccc(C2Nc3ccc(C(C)(C)C)cc3C3OCCOC23)cc1.CC(C)(C)c1ccc2c(c1)C1OCCOC1C(c1ccc(F)cc1)N2.CC(C)c1ccc2c(c1)C1OCCOC1C(c1cccc(F)c1)N2.Cc1cc2c(cc1C(C)C)[C@H]1OCCO[C@H]1[C@H](c1ccccc1)N2.Cc1ccc2c(c1)[C@H]1OCCO[C@H]1[C@H](c1ccsc1)N2.N#CCc1ccc2c(c1)C1OCCOC1C(c1ccccc1)N2. The number of esters is 1. The molecular formula is C120H133F2N7O14S. The fourth-order valence-corrected chi connectivity index (χ4v) is 22.4. The number of carbonyl (C=O) groups excluding carboxylic acids is 1. The van der Waals surface area contributed by atoms with Crippen LogP contribution in [0.5, 0.6) is 5.75 Å². The second kappa shape index (κ2) is 44.7. The van der Waals surface area contributed by atoms with Crippen LogP contribution < -0.4 is 36.6 Å². The van der Waals surface area contributed by atoms with Gasteiger partial charge < -0.3 is 93.5 Å². The van der Waals surface area contributed by atoms with Crippen LogP contribution in [0.25, 0.3) is 0 Å². The molecule has 144 heavy (non-hydrogen) atoms. The van der Waals surface area contributed by atoms with Gasteiger partial charge in [0.25, 0.3) is 0 Å². The van der Waals surface area contributed by atoms with Crippen LogP contribution in [0.1, 0.15) is 267 Å². The van der Waals surface area contributed by atoms with E-state index in [4.69, 9.17) is 66.8 Å². The molecule has 0 saturated carbocycles. The van der Waals surface area contributed by atoms with Gasteiger partial charge in [-0.3, -0.25) is 4.79 Å². The third kappa shape index (κ3) is 22.5. The van der Waals surface area contributed by atoms with Crippen LogP contribution in [0, 0.1) is 36.8 Å². The molecule has 6 saturated heterocycles. The fraction of sp³-hybridized carbons (Fsp3) is 0.400. The number of benzene rings is 11. The van der Waals surface area contributed by atoms with E-state index in [1.165, 1.54) is 97.7 Å². The van der Waals surface area contributed by atoms with E-state index < -0.39 is 0 Å². The topological polar surface area (TPSA) is 233 Å². The maximum absolute atomic E-state index is 13.7. The van der Waals surface area contributed by atoms with Crippen LogP contribution in [-0.2, 0) is 78.9 Å². The Hall–Kier alpha value is -11.7. The third-order valence-corrected chi connectivity index (χ3v) is 29.7. The molecule has 13 heterocycles. The van der Waals surface area contributed by atoms with Crippen molar-refractivity contribution in [3.63, 3.8) is 0 Å². The first-order chi connectivity index (χ1) is 69.7. The highest BCUT2D eigenvalue weighted by molar-refractivity contribution is 7.08. The van der Waals surface area contributed by atoms with Crippen molar-refractivity contribution in [2.75, 3.05) is 111 Å². The van der Waals surface area contributed by atoms with Crippen LogP contribution in [0.4, 0.5) is 42.9 Å². The highest BCUT2D eigenvalue weighted by Gasteiger charge is 2.49. The smallest absolute Gasteiger partial charge is 0.308 e. The van der Waals surface area contributed by atoms with Gasteiger partial charge >= 0.3 is 5.97 Å². The Morgan fingerprint density at radius 3 is 1.15 bits per heavy atom. The standard InChI is InChI=1S/C23H27NO4.C21H24FNO2.C21H25NO2.C20H22FNO2.C19H18N2O2.C16H17NO2S/c1-14(25)28-17-8-5-15(6-9-17)20-22-21(26-11-12-27-22)18-13-16(23(2,3)4)7-10-19(18)24-20;1-21(2,3)14-6-9-17-16(12-14)19-20(25-11-10-24-19)18(23-17)13-4-7-15(22)8-5-13;1-13(2)16-12-17-18(11-14(16)3)22-19(15-7-5-4-6-8-15)21-20(17)23-9-10-24-21;1-12(2)13-6-7-17-16(11-13)19-20(24-9-8-23-19)18(22-17)14-4-3-5-15(21)10-14;20-9-8-13-6-7-16-15(12-13)18-19(23-11-10-22-18)17(21-16)14-4-2-1-3-5-14;1-10-2-3-13-12(8-10)15-16(19-6-5-18-15)14(17-13)11-4-7-20-9-11/h5-10,13,20-22,24H,11-12H2,1-4H3;4-9,12,18-20,23H,10-11H2,1-3H3;4-8,11-13,19-22H,9-10H2,1-3H3;3-7,10-12,18-20,22H,8-9H2,1-2H3;1-7,12,17-19,21H,8,10-11H2;2-4,7-9,14-17H,5-6H2,1H3/t;;19-,20+,21-;;;14-,15+,16-/m..0..0/s1. The van der Waals surface area contributed by atoms with Crippen LogP contribution in [0.3, 0.4) is 0 Å². The van der Waals surface area contributed by atoms with Gasteiger partial charge in [-0.05, 0) is 199 Å². The summed E-state index contributed by atoms with van der Waals surface area (Å²) < 4.78 is 105. The van der Waals surface area contributed by atoms with Gasteiger partial charge in [0.15, 0.2) is 0 Å². The van der Waals surface area contributed by atoms with Crippen LogP contribution in [0.15, 0.2) is 253 Å². The Morgan fingerprint density at radius 1 is 0.368 bits per heavy atom. The van der Waals surface area contributed by atoms with Crippen molar-refractivity contribution < 1.29 is 75.2 Å². The average Bonchev–Trinajstić information content (AvgIpc) is 0.956. The summed E-state index contributed by atoms with van der Waals surface area (Å²) in [4.78, 5) is 11.2. The molecule has 24 rings (SSSR count). The van der Waals surface area contributed by atoms with E-state index in [1.54, 1.807) is 23.5 Å². The van der Waals surface area contributed by atoms with Gasteiger partial charge in [0, 0.05) is 74.4 Å². The minimum absolute atomic E-state index is 0.00157. The normalized spacial score (nSPS) is 25.7. The summed E-state index contributed by atoms with van der Waals surface area (Å²) >= 11 is 1.72. The summed E-state index contributed by atoms with van der Waals surface area (Å²) in [5, 5.41) is 34.9. The molecule has 18 atom stereocenters. The third-order valence-electron chi connectivity index (χ3n) is 29.0. The number of rotatable bonds is 10. The van der Waals surface area contributed by atoms with Crippen LogP contribution >= 0.6 is 11.3 Å². The van der Waals surface area contributed by atoms with Crippen molar-refractivity contribution in [2.24, 2.45) is 0 Å². The number of fused-ring (bicyclic) bond motifs is 18. The highest BCUT2D eigenvalue weighted by atomic mass is 32.1. The molecule has 12 aromatic rings. The molecule has 12 aliphatic heterocycles. The number of nitrogens with zero attached hydrogens (tertiary/aromatic N) is 1. The Bertz CT molecular complexity index is 6460. The zero-order valence-electron chi connectivity index (χ0n) is 84.3. The molecule has 11 aromatic carbocycles. The molecule has 0 aliphatic carbocycles. The van der Waals surface area contributed by atoms with E-state index >= 15 is 0 Å². The van der Waals surface area contributed by atoms with Crippen LogP contribution in [0.2, 0.25) is 0 Å². The largest absolute Gasteiger partial charge is 0.427 e. The molecule has 6 N–H and O–H groups in total. The number of nitrogens with one attached hydrogen (secondary N) is 6. The van der Waals surface area contributed by atoms with E-state index in [-0.39, 0.29) is 138 Å². The Kier molecular flexibility index (Phi) is 31.3. The molecule has 1 aromatic heterocycles. The number of halogens is 2. The van der Waals surface area contributed by atoms with Crippen molar-refractivity contribution in [3.05, 3.63) is 371 Å². The number of nitriles is 1. The maximum Gasteiger partial charge on any atom is 0.308 e. The lowest BCUT2D eigenvalue weighted by Crippen LogP contribution is -2.43. The van der Waals surface area contributed by atoms with Crippen molar-refractivity contribution in [2.45, 2.75) is 229 Å². The molecule has 0 spiro atoms. The van der Waals surface area contributed by atoms with Gasteiger partial charge in [-0.15, -0.1) is 0 Å². The predicted molar refractivity (Wildman–Crippen MR) is 560 cm³/mol. The molecule has 752 valence electrons. The summed E-state index contributed by atoms with van der Waals surface area (Å²) in [6, 6.07) is 83.0. The number of carbonyl (C=O) groups is 1. The molecule has 12 aliphatic rings. The zero-order valence-corrected chi connectivity index (χ0v) is 85.1. The van der Waals surface area contributed by atoms with E-state index in [1.807, 2.05) is 72.8 Å². The molecular weight excluding hydrogens is 1830 g/mol. The molecule has 21 nitrogen and oxygen atoms in total. The molecule has 0 amide bonds. The van der Waals surface area contributed by atoms with E-state index in [9.17, 15) is 13.6 Å². The Balaban J connectivity index is 0.000000110. The lowest BCUT2D eigenvalue weighted by molar-refractivity contribution is -0.151. The minimum Gasteiger partial charge on any atom is -0.427 e. The number of thiophene rings is 1. The Morgan fingerprint density at radius 2 is 0.736 bits per heavy atom. The van der Waals surface area contributed by atoms with Gasteiger partial charge in [-0.1, -0.05) is 233 Å². The zero-order chi connectivity index (χ0) is 100. The number of hydrogen-bond donors (Lipinski definition) is 6. The maximum atomic E-state index is 13.7. The van der Waals surface area contributed by atoms with Crippen molar-refractivity contribution in [1.82, 2.24) is 0 Å². The van der Waals surface area contributed by atoms with Crippen molar-refractivity contribution >= 4 is 51.4 Å². The van der Waals surface area contributed by atoms with Crippen molar-refractivity contribution in [1.29, 1.82) is 5.26 Å². The Labute approximate surface area is 849 Å². The average molecular weight is 1970 g/mol. The summed E-state index contributed by atoms with van der Waals surface area (Å²) in [5.41, 5.74) is 29.3. The van der Waals surface area contributed by atoms with Gasteiger partial charge in [0.2, 0.25) is 0 Å². The second-order valence-corrected chi connectivity index (χ2v) is 42.3. The number of hydrogen-bond acceptors (Lipinski definition) is 22. The lowest BCUT2D eigenvalue weighted by Gasteiger charge is -2.43. The molecule has 0 bridgehead atoms. The van der Waals surface area contributed by atoms with E-state index in [0.29, 0.717) is 103 Å². The van der Waals surface area contributed by atoms with E-state index in [2.05, 4.69) is 271 Å². The molecule has 12 unspecified atom stereocenters. The number of aryl methyl sites for hydroxylation is 2. The summed E-state index contributed by atoms with van der Waals surface area (Å²) in [7, 11) is 0. The summed E-state index contributed by atoms with van der Waals surface area (Å²) in [5.74, 6) is 0.718. The first-order valence-electron chi connectivity index (χ1n) is 50.8. The number of anilines is 6. The van der Waals surface area contributed by atoms with E-state index in [0.717, 1.165) is 67.3 Å².